The van der Waals surface area contributed by atoms with Crippen LogP contribution in [0.3, 0.4) is 0 Å². The van der Waals surface area contributed by atoms with E-state index < -0.39 is 5.97 Å². The Bertz CT molecular complexity index is 952. The summed E-state index contributed by atoms with van der Waals surface area (Å²) in [4.78, 5) is 42.1. The molecule has 1 aliphatic rings. The molecule has 1 atom stereocenters. The first-order valence-electron chi connectivity index (χ1n) is 13.8. The number of aliphatic imine (C=N–C) groups is 1. The molecule has 38 heavy (non-hydrogen) atoms. The van der Waals surface area contributed by atoms with Crippen LogP contribution in [0.15, 0.2) is 29.3 Å². The zero-order valence-corrected chi connectivity index (χ0v) is 22.6. The first kappa shape index (κ1) is 31.1. The number of benzene rings is 1. The minimum absolute atomic E-state index is 0.0712. The minimum atomic E-state index is -0.610. The van der Waals surface area contributed by atoms with Crippen molar-refractivity contribution in [1.29, 1.82) is 5.26 Å². The highest BCUT2D eigenvalue weighted by Crippen LogP contribution is 2.27. The number of ether oxygens (including phenoxy) is 1. The Morgan fingerprint density at radius 1 is 0.947 bits per heavy atom. The Hall–Kier alpha value is -3.09. The summed E-state index contributed by atoms with van der Waals surface area (Å²) in [6, 6.07) is 7.01. The van der Waals surface area contributed by atoms with E-state index in [1.165, 1.54) is 12.0 Å². The Kier molecular flexibility index (Phi) is 14.3. The van der Waals surface area contributed by atoms with Crippen LogP contribution in [0.1, 0.15) is 97.8 Å². The number of carbonyl (C=O) groups is 3. The number of hydrogen-bond acceptors (Lipinski definition) is 8. The third-order valence-electron chi connectivity index (χ3n) is 7.09. The van der Waals surface area contributed by atoms with Crippen LogP contribution < -0.4 is 11.5 Å². The van der Waals surface area contributed by atoms with Crippen LogP contribution in [0.5, 0.6) is 0 Å². The molecule has 4 N–H and O–H groups in total. The van der Waals surface area contributed by atoms with Gasteiger partial charge in [-0.2, -0.15) is 10.3 Å². The second kappa shape index (κ2) is 17.4. The lowest BCUT2D eigenvalue weighted by atomic mass is 9.81. The van der Waals surface area contributed by atoms with E-state index in [9.17, 15) is 14.4 Å². The van der Waals surface area contributed by atoms with Gasteiger partial charge in [-0.3, -0.25) is 14.5 Å². The topological polar surface area (TPSA) is 152 Å². The van der Waals surface area contributed by atoms with Crippen molar-refractivity contribution in [3.63, 3.8) is 0 Å². The molecule has 0 saturated carbocycles. The number of nitriles is 1. The van der Waals surface area contributed by atoms with Crippen molar-refractivity contribution in [3.8, 4) is 6.19 Å². The van der Waals surface area contributed by atoms with Crippen LogP contribution >= 0.6 is 0 Å². The van der Waals surface area contributed by atoms with Crippen LogP contribution in [0, 0.1) is 23.3 Å². The number of imide groups is 1. The Balaban J connectivity index is 1.59. The number of amides is 2. The number of unbranched alkanes of at least 4 members (excludes halogenated alkanes) is 9. The monoisotopic (exact) mass is 524 g/mol. The smallest absolute Gasteiger partial charge is 0.353 e. The van der Waals surface area contributed by atoms with Crippen molar-refractivity contribution in [2.45, 2.75) is 77.0 Å². The van der Waals surface area contributed by atoms with Crippen molar-refractivity contribution in [3.05, 3.63) is 41.3 Å². The van der Waals surface area contributed by atoms with E-state index in [1.807, 2.05) is 0 Å². The molecule has 1 aromatic rings. The first-order valence-corrected chi connectivity index (χ1v) is 13.8. The van der Waals surface area contributed by atoms with Gasteiger partial charge >= 0.3 is 5.97 Å². The molecule has 0 fully saturated rings. The summed E-state index contributed by atoms with van der Waals surface area (Å²) < 4.78 is 4.83. The summed E-state index contributed by atoms with van der Waals surface area (Å²) in [5, 5.41) is 9.04. The second-order valence-corrected chi connectivity index (χ2v) is 9.68. The fraction of sp³-hybridized carbons (Fsp3) is 0.586. The molecule has 0 saturated heterocycles. The predicted molar refractivity (Wildman–Crippen MR) is 147 cm³/mol. The van der Waals surface area contributed by atoms with E-state index in [4.69, 9.17) is 21.5 Å². The fourth-order valence-electron chi connectivity index (χ4n) is 4.99. The van der Waals surface area contributed by atoms with E-state index in [2.05, 4.69) is 4.99 Å². The fourth-order valence-corrected chi connectivity index (χ4v) is 4.99. The van der Waals surface area contributed by atoms with E-state index in [-0.39, 0.29) is 23.4 Å². The maximum Gasteiger partial charge on any atom is 0.353 e. The lowest BCUT2D eigenvalue weighted by Crippen LogP contribution is -2.34. The number of nitrogens with zero attached hydrogens (tertiary/aromatic N) is 3. The van der Waals surface area contributed by atoms with Crippen LogP contribution in [0.25, 0.3) is 0 Å². The van der Waals surface area contributed by atoms with Gasteiger partial charge < -0.3 is 16.2 Å². The molecular formula is C29H42N5O4. The van der Waals surface area contributed by atoms with Crippen molar-refractivity contribution in [2.75, 3.05) is 26.7 Å². The molecule has 1 aliphatic heterocycles. The molecular weight excluding hydrogens is 482 g/mol. The Morgan fingerprint density at radius 2 is 1.47 bits per heavy atom. The molecule has 1 unspecified atom stereocenters. The first-order chi connectivity index (χ1) is 18.5. The number of methoxy groups -OCH3 is 1. The summed E-state index contributed by atoms with van der Waals surface area (Å²) >= 11 is 0. The maximum absolute atomic E-state index is 12.4. The molecule has 9 heteroatoms. The number of nitrogens with two attached hydrogens (primary N) is 2. The lowest BCUT2D eigenvalue weighted by molar-refractivity contribution is -0.132. The molecule has 0 aliphatic carbocycles. The van der Waals surface area contributed by atoms with E-state index in [0.29, 0.717) is 43.6 Å². The van der Waals surface area contributed by atoms with Gasteiger partial charge in [0.05, 0.1) is 18.2 Å². The number of carbonyl (C=O) groups excluding carboxylic acids is 3. The molecule has 1 radical (unpaired) electrons. The van der Waals surface area contributed by atoms with Gasteiger partial charge in [0.2, 0.25) is 6.19 Å². The molecule has 1 heterocycles. The van der Waals surface area contributed by atoms with Gasteiger partial charge in [-0.15, -0.1) is 0 Å². The number of fused-ring (bicyclic) bond motifs is 1. The third-order valence-corrected chi connectivity index (χ3v) is 7.09. The van der Waals surface area contributed by atoms with Gasteiger partial charge in [0.15, 0.2) is 0 Å². The average molecular weight is 525 g/mol. The summed E-state index contributed by atoms with van der Waals surface area (Å²) in [6.45, 7) is 1.26. The van der Waals surface area contributed by atoms with Gasteiger partial charge in [0, 0.05) is 12.5 Å². The normalized spacial score (nSPS) is 14.1. The molecule has 2 amide bonds. The van der Waals surface area contributed by atoms with Crippen molar-refractivity contribution in [2.24, 2.45) is 22.4 Å². The zero-order valence-electron chi connectivity index (χ0n) is 22.6. The third kappa shape index (κ3) is 9.03. The molecule has 0 aromatic heterocycles. The van der Waals surface area contributed by atoms with E-state index in [0.717, 1.165) is 70.1 Å². The molecule has 9 nitrogen and oxygen atoms in total. The Morgan fingerprint density at radius 3 is 1.95 bits per heavy atom. The highest BCUT2D eigenvalue weighted by atomic mass is 16.5. The largest absolute Gasteiger partial charge is 0.464 e. The van der Waals surface area contributed by atoms with Crippen molar-refractivity contribution < 1.29 is 19.1 Å². The quantitative estimate of drug-likeness (QED) is 0.0906. The minimum Gasteiger partial charge on any atom is -0.464 e. The van der Waals surface area contributed by atoms with E-state index in [1.54, 1.807) is 30.5 Å². The molecule has 1 aromatic carbocycles. The van der Waals surface area contributed by atoms with Gasteiger partial charge in [-0.25, -0.2) is 4.79 Å². The molecule has 0 bridgehead atoms. The van der Waals surface area contributed by atoms with Crippen molar-refractivity contribution >= 4 is 23.5 Å². The van der Waals surface area contributed by atoms with Gasteiger partial charge in [0.1, 0.15) is 5.71 Å². The number of rotatable bonds is 19. The van der Waals surface area contributed by atoms with Crippen LogP contribution in [0.4, 0.5) is 0 Å². The molecule has 0 spiro atoms. The Labute approximate surface area is 226 Å². The average Bonchev–Trinajstić information content (AvgIpc) is 3.18. The lowest BCUT2D eigenvalue weighted by Gasteiger charge is -2.25. The summed E-state index contributed by atoms with van der Waals surface area (Å²) in [6.07, 6.45) is 13.5. The molecule has 207 valence electrons. The maximum atomic E-state index is 12.4. The van der Waals surface area contributed by atoms with Crippen LogP contribution in [-0.2, 0) is 9.53 Å². The summed E-state index contributed by atoms with van der Waals surface area (Å²) in [5.74, 6) is -0.282. The predicted octanol–water partition coefficient (Wildman–Crippen LogP) is 4.17. The summed E-state index contributed by atoms with van der Waals surface area (Å²) in [5.41, 5.74) is 12.8. The van der Waals surface area contributed by atoms with Gasteiger partial charge in [0.25, 0.3) is 11.8 Å². The SMILES string of the molecule is COC(=O)C(=NC#N)[C](CCCCCCCCCCCCN1C(=O)c2ccccc2C1=O)C(CN)CCN. The number of esters is 1. The highest BCUT2D eigenvalue weighted by molar-refractivity contribution is 6.42. The zero-order chi connectivity index (χ0) is 27.8. The second-order valence-electron chi connectivity index (χ2n) is 9.68. The van der Waals surface area contributed by atoms with Gasteiger partial charge in [-0.1, -0.05) is 69.9 Å². The van der Waals surface area contributed by atoms with Crippen LogP contribution in [-0.4, -0.2) is 55.1 Å². The number of hydrogen-bond donors (Lipinski definition) is 2. The summed E-state index contributed by atoms with van der Waals surface area (Å²) in [7, 11) is 1.28. The van der Waals surface area contributed by atoms with Crippen LogP contribution in [0.2, 0.25) is 0 Å². The molecule has 2 rings (SSSR count). The van der Waals surface area contributed by atoms with Gasteiger partial charge in [-0.05, 0) is 50.4 Å². The van der Waals surface area contributed by atoms with Crippen molar-refractivity contribution in [1.82, 2.24) is 4.90 Å². The highest BCUT2D eigenvalue weighted by Gasteiger charge is 2.34. The standard InChI is InChI=1S/C29H42N5O4/c1-38-29(37)26(33-21-32)23(22(20-31)17-18-30)14-10-8-6-4-2-3-5-7-9-13-19-34-27(35)24-15-11-12-16-25(24)28(34)36/h11-12,15-16,22H,2-10,13-14,17-20,30-31H2,1H3. The van der Waals surface area contributed by atoms with E-state index >= 15 is 0 Å².